The Morgan fingerprint density at radius 1 is 1.07 bits per heavy atom. The van der Waals surface area contributed by atoms with E-state index in [0.29, 0.717) is 0 Å². The Hall–Kier alpha value is 0.569. The molecule has 0 aromatic carbocycles. The first-order valence-electron chi connectivity index (χ1n) is 2.11. The van der Waals surface area contributed by atoms with Gasteiger partial charge in [0.15, 0.2) is 0 Å². The molecule has 2 N–H and O–H groups in total. The maximum Gasteiger partial charge on any atom is 2.00 e. The van der Waals surface area contributed by atoms with Gasteiger partial charge in [0.2, 0.25) is 0 Å². The van der Waals surface area contributed by atoms with Crippen molar-refractivity contribution in [1.29, 1.82) is 0 Å². The summed E-state index contributed by atoms with van der Waals surface area (Å²) < 4.78 is 21.7. The van der Waals surface area contributed by atoms with Crippen LogP contribution in [0.5, 0.6) is 0 Å². The van der Waals surface area contributed by atoms with Crippen molar-refractivity contribution in [2.45, 2.75) is 0 Å². The normalized spacial score (nSPS) is 9.87. The van der Waals surface area contributed by atoms with Crippen LogP contribution in [0, 0.1) is 0 Å². The van der Waals surface area contributed by atoms with E-state index in [9.17, 15) is 18.9 Å². The summed E-state index contributed by atoms with van der Waals surface area (Å²) in [6.45, 7) is 0. The zero-order valence-electron chi connectivity index (χ0n) is 6.16. The van der Waals surface area contributed by atoms with Crippen molar-refractivity contribution >= 4 is 21.8 Å². The molecule has 0 rings (SSSR count). The monoisotopic (exact) mass is 362 g/mol. The summed E-state index contributed by atoms with van der Waals surface area (Å²) in [7, 11) is -10.7. The van der Waals surface area contributed by atoms with Crippen LogP contribution in [0.25, 0.3) is 0 Å². The molecule has 0 saturated heterocycles. The second-order valence-electron chi connectivity index (χ2n) is 1.27. The first kappa shape index (κ1) is 24.7. The predicted molar refractivity (Wildman–Crippen MR) is 26.1 cm³/mol. The molecule has 0 fully saturated rings. The Bertz CT molecular complexity index is 226. The molecule has 0 aliphatic heterocycles. The van der Waals surface area contributed by atoms with Crippen molar-refractivity contribution in [2.24, 2.45) is 0 Å². The molecule has 15 heavy (non-hydrogen) atoms. The van der Waals surface area contributed by atoms with Crippen molar-refractivity contribution in [1.82, 2.24) is 0 Å². The van der Waals surface area contributed by atoms with Gasteiger partial charge in [-0.3, -0.25) is 4.31 Å². The number of hydrogen-bond donors (Lipinski definition) is 2. The van der Waals surface area contributed by atoms with E-state index in [1.54, 1.807) is 0 Å². The standard InChI is InChI=1S/CH2O3.2Cu.H4O7P2/c2-1(3)4;;;1-8(2,3)7-9(4,5)6/h(H2,2,3,4);;;(H2,1,2,3)(H2,4,5,6)/q;2*+2;/p-4. The molecule has 0 spiro atoms. The van der Waals surface area contributed by atoms with Crippen molar-refractivity contribution < 1.29 is 82.2 Å². The summed E-state index contributed by atoms with van der Waals surface area (Å²) in [6, 6.07) is 0. The molecule has 0 amide bonds. The second-order valence-corrected chi connectivity index (χ2v) is 3.80. The maximum absolute atomic E-state index is 9.55. The van der Waals surface area contributed by atoms with Crippen LogP contribution in [0.4, 0.5) is 4.79 Å². The Balaban J connectivity index is -0.0000000883. The SMILES string of the molecule is O=C([O-])[O-].O=P([O-])([O-])OP(=O)(O)O.[Cu+2].[Cu+2]. The molecule has 0 bridgehead atoms. The van der Waals surface area contributed by atoms with Gasteiger partial charge < -0.3 is 39.1 Å². The molecule has 10 nitrogen and oxygen atoms in total. The van der Waals surface area contributed by atoms with Crippen LogP contribution >= 0.6 is 15.6 Å². The number of carboxylic acid groups (broad SMARTS) is 2. The molecular weight excluding hydrogens is 361 g/mol. The molecule has 0 aliphatic carbocycles. The Labute approximate surface area is 104 Å². The van der Waals surface area contributed by atoms with Crippen LogP contribution in [0.3, 0.4) is 0 Å². The summed E-state index contributed by atoms with van der Waals surface area (Å²) in [5, 5.41) is 16.7. The minimum Gasteiger partial charge on any atom is -0.789 e. The first-order valence-corrected chi connectivity index (χ1v) is 5.10. The van der Waals surface area contributed by atoms with Crippen molar-refractivity contribution in [3.8, 4) is 0 Å². The summed E-state index contributed by atoms with van der Waals surface area (Å²) in [4.78, 5) is 42.5. The van der Waals surface area contributed by atoms with E-state index in [2.05, 4.69) is 4.31 Å². The second kappa shape index (κ2) is 9.77. The van der Waals surface area contributed by atoms with Gasteiger partial charge in [-0.15, -0.1) is 0 Å². The van der Waals surface area contributed by atoms with Crippen molar-refractivity contribution in [2.75, 3.05) is 0 Å². The van der Waals surface area contributed by atoms with Gasteiger partial charge in [-0.2, -0.15) is 0 Å². The fourth-order valence-corrected chi connectivity index (χ4v) is 1.17. The van der Waals surface area contributed by atoms with E-state index in [4.69, 9.17) is 24.8 Å². The average molecular weight is 363 g/mol. The van der Waals surface area contributed by atoms with Crippen LogP contribution in [0.2, 0.25) is 0 Å². The van der Waals surface area contributed by atoms with Gasteiger partial charge in [-0.05, 0) is 6.16 Å². The van der Waals surface area contributed by atoms with E-state index in [-0.39, 0.29) is 34.1 Å². The summed E-state index contributed by atoms with van der Waals surface area (Å²) in [6.07, 6.45) is -2.33. The van der Waals surface area contributed by atoms with E-state index < -0.39 is 21.8 Å². The van der Waals surface area contributed by atoms with E-state index in [0.717, 1.165) is 0 Å². The molecule has 0 aromatic heterocycles. The fraction of sp³-hybridized carbons (Fsp3) is 0. The molecular formula is CH2Cu2O10P2. The minimum atomic E-state index is -5.55. The van der Waals surface area contributed by atoms with Gasteiger partial charge in [0.05, 0.1) is 7.82 Å². The number of rotatable bonds is 2. The smallest absolute Gasteiger partial charge is 0.789 e. The Morgan fingerprint density at radius 3 is 1.27 bits per heavy atom. The zero-order valence-corrected chi connectivity index (χ0v) is 9.83. The summed E-state index contributed by atoms with van der Waals surface area (Å²) >= 11 is 0. The third-order valence-electron chi connectivity index (χ3n) is 0.206. The minimum absolute atomic E-state index is 0. The van der Waals surface area contributed by atoms with Gasteiger partial charge in [-0.1, -0.05) is 0 Å². The molecule has 0 atom stereocenters. The van der Waals surface area contributed by atoms with Gasteiger partial charge in [-0.25, -0.2) is 4.57 Å². The largest absolute Gasteiger partial charge is 2.00 e. The van der Waals surface area contributed by atoms with Crippen LogP contribution in [-0.4, -0.2) is 15.9 Å². The van der Waals surface area contributed by atoms with Crippen LogP contribution < -0.4 is 20.0 Å². The van der Waals surface area contributed by atoms with Gasteiger partial charge in [0, 0.05) is 0 Å². The van der Waals surface area contributed by atoms with Gasteiger partial charge in [0.25, 0.3) is 0 Å². The van der Waals surface area contributed by atoms with Gasteiger partial charge in [0.1, 0.15) is 0 Å². The molecule has 14 heteroatoms. The molecule has 0 heterocycles. The number of carbonyl (C=O) groups excluding carboxylic acids is 1. The average Bonchev–Trinajstić information content (AvgIpc) is 1.47. The number of phosphoric acid groups is 2. The van der Waals surface area contributed by atoms with Crippen LogP contribution in [-0.2, 0) is 47.6 Å². The van der Waals surface area contributed by atoms with Gasteiger partial charge >= 0.3 is 42.0 Å². The molecule has 98 valence electrons. The van der Waals surface area contributed by atoms with Crippen LogP contribution in [0.15, 0.2) is 0 Å². The quantitative estimate of drug-likeness (QED) is 0.356. The van der Waals surface area contributed by atoms with E-state index >= 15 is 0 Å². The molecule has 0 saturated carbocycles. The Kier molecular flexibility index (Phi) is 16.1. The third-order valence-corrected chi connectivity index (χ3v) is 1.86. The molecule has 0 aliphatic rings. The predicted octanol–water partition coefficient (Wildman–Crippen LogP) is -4.53. The van der Waals surface area contributed by atoms with E-state index in [1.165, 1.54) is 0 Å². The zero-order chi connectivity index (χ0) is 11.3. The molecule has 2 radical (unpaired) electrons. The number of hydrogen-bond acceptors (Lipinski definition) is 8. The fourth-order valence-electron chi connectivity index (χ4n) is 0.130. The molecule has 0 unspecified atom stereocenters. The topological polar surface area (TPSA) is 193 Å². The summed E-state index contributed by atoms with van der Waals surface area (Å²) in [5.41, 5.74) is 0. The molecule has 0 aromatic rings. The Morgan fingerprint density at radius 2 is 1.27 bits per heavy atom. The summed E-state index contributed by atoms with van der Waals surface area (Å²) in [5.74, 6) is 0. The maximum atomic E-state index is 9.55. The van der Waals surface area contributed by atoms with E-state index in [1.807, 2.05) is 0 Å². The van der Waals surface area contributed by atoms with Crippen molar-refractivity contribution in [3.05, 3.63) is 0 Å². The number of carbonyl (C=O) groups is 1. The third kappa shape index (κ3) is 53.3. The van der Waals surface area contributed by atoms with Crippen LogP contribution in [0.1, 0.15) is 0 Å². The first-order chi connectivity index (χ1) is 5.44. The van der Waals surface area contributed by atoms with Crippen molar-refractivity contribution in [3.63, 3.8) is 0 Å².